The molecule has 142 valence electrons. The predicted octanol–water partition coefficient (Wildman–Crippen LogP) is 2.56. The van der Waals surface area contributed by atoms with Crippen molar-refractivity contribution < 1.29 is 4.74 Å². The van der Waals surface area contributed by atoms with Crippen molar-refractivity contribution in [3.05, 3.63) is 22.6 Å². The molecule has 1 aliphatic rings. The zero-order valence-corrected chi connectivity index (χ0v) is 16.2. The molecule has 0 aromatic carbocycles. The second-order valence-electron chi connectivity index (χ2n) is 7.05. The number of ether oxygens (including phenoxy) is 1. The van der Waals surface area contributed by atoms with E-state index in [1.165, 1.54) is 0 Å². The monoisotopic (exact) mass is 359 g/mol. The molecule has 0 unspecified atom stereocenters. The first-order chi connectivity index (χ1) is 12.6. The normalized spacial score (nSPS) is 20.5. The summed E-state index contributed by atoms with van der Waals surface area (Å²) in [5, 5.41) is 0.581. The maximum atomic E-state index is 12.7. The molecule has 1 aliphatic heterocycles. The molecule has 2 aromatic rings. The number of morpholine rings is 1. The summed E-state index contributed by atoms with van der Waals surface area (Å²) in [6.07, 6.45) is 3.69. The Balaban J connectivity index is 2.14. The van der Waals surface area contributed by atoms with Gasteiger partial charge in [0.05, 0.1) is 30.7 Å². The number of rotatable bonds is 6. The van der Waals surface area contributed by atoms with E-state index in [0.717, 1.165) is 31.7 Å². The van der Waals surface area contributed by atoms with E-state index in [1.54, 1.807) is 12.3 Å². The van der Waals surface area contributed by atoms with Gasteiger partial charge in [-0.2, -0.15) is 0 Å². The Morgan fingerprint density at radius 1 is 1.23 bits per heavy atom. The molecule has 26 heavy (non-hydrogen) atoms. The van der Waals surface area contributed by atoms with Crippen molar-refractivity contribution in [3.63, 3.8) is 0 Å². The largest absolute Gasteiger partial charge is 0.377 e. The van der Waals surface area contributed by atoms with Gasteiger partial charge in [0.1, 0.15) is 5.52 Å². The standard InChI is InChI=1S/C19H29N5O2/c1-5-9-23(10-6-2)19-21-16-15(18(25)22-19)7-8-20-17(16)24-13(3)11-26-12-14(24)4/h7-8,13-14H,5-6,9-12H2,1-4H3,(H,21,22,25)/t13-,14-/m1/s1. The summed E-state index contributed by atoms with van der Waals surface area (Å²) < 4.78 is 5.64. The van der Waals surface area contributed by atoms with Crippen molar-refractivity contribution in [3.8, 4) is 0 Å². The fourth-order valence-electron chi connectivity index (χ4n) is 3.66. The molecule has 7 nitrogen and oxygen atoms in total. The van der Waals surface area contributed by atoms with Crippen molar-refractivity contribution in [2.75, 3.05) is 36.1 Å². The van der Waals surface area contributed by atoms with Gasteiger partial charge >= 0.3 is 0 Å². The molecule has 0 radical (unpaired) electrons. The second-order valence-corrected chi connectivity index (χ2v) is 7.05. The van der Waals surface area contributed by atoms with Gasteiger partial charge in [0.15, 0.2) is 5.82 Å². The molecule has 1 saturated heterocycles. The SMILES string of the molecule is CCCN(CCC)c1nc2c(N3[C@H](C)COC[C@H]3C)nccc2c(=O)[nH]1. The third-order valence-corrected chi connectivity index (χ3v) is 4.79. The molecule has 0 spiro atoms. The topological polar surface area (TPSA) is 74.4 Å². The first-order valence-electron chi connectivity index (χ1n) is 9.56. The predicted molar refractivity (Wildman–Crippen MR) is 105 cm³/mol. The van der Waals surface area contributed by atoms with Gasteiger partial charge in [-0.25, -0.2) is 9.97 Å². The molecule has 2 atom stereocenters. The van der Waals surface area contributed by atoms with Crippen molar-refractivity contribution in [2.24, 2.45) is 0 Å². The first kappa shape index (κ1) is 18.6. The Morgan fingerprint density at radius 2 is 1.88 bits per heavy atom. The van der Waals surface area contributed by atoms with Crippen LogP contribution in [0.2, 0.25) is 0 Å². The lowest BCUT2D eigenvalue weighted by Crippen LogP contribution is -2.50. The van der Waals surface area contributed by atoms with Crippen molar-refractivity contribution in [1.29, 1.82) is 0 Å². The van der Waals surface area contributed by atoms with Crippen LogP contribution in [0.1, 0.15) is 40.5 Å². The molecule has 1 N–H and O–H groups in total. The first-order valence-corrected chi connectivity index (χ1v) is 9.56. The highest BCUT2D eigenvalue weighted by Crippen LogP contribution is 2.27. The molecular weight excluding hydrogens is 330 g/mol. The van der Waals surface area contributed by atoms with E-state index in [0.29, 0.717) is 30.1 Å². The van der Waals surface area contributed by atoms with Crippen LogP contribution in [0.4, 0.5) is 11.8 Å². The van der Waals surface area contributed by atoms with Gasteiger partial charge in [0, 0.05) is 19.3 Å². The Morgan fingerprint density at radius 3 is 2.50 bits per heavy atom. The van der Waals surface area contributed by atoms with Gasteiger partial charge in [-0.1, -0.05) is 13.8 Å². The van der Waals surface area contributed by atoms with Crippen LogP contribution in [0.25, 0.3) is 10.9 Å². The number of H-pyrrole nitrogens is 1. The minimum Gasteiger partial charge on any atom is -0.377 e. The maximum absolute atomic E-state index is 12.7. The van der Waals surface area contributed by atoms with Crippen LogP contribution in [0.5, 0.6) is 0 Å². The molecule has 2 aromatic heterocycles. The lowest BCUT2D eigenvalue weighted by molar-refractivity contribution is 0.0753. The third-order valence-electron chi connectivity index (χ3n) is 4.79. The van der Waals surface area contributed by atoms with Crippen molar-refractivity contribution in [2.45, 2.75) is 52.6 Å². The number of aromatic amines is 1. The number of fused-ring (bicyclic) bond motifs is 1. The zero-order valence-electron chi connectivity index (χ0n) is 16.2. The summed E-state index contributed by atoms with van der Waals surface area (Å²) in [7, 11) is 0. The number of aromatic nitrogens is 3. The Bertz CT molecular complexity index is 790. The minimum atomic E-state index is -0.112. The fraction of sp³-hybridized carbons (Fsp3) is 0.632. The van der Waals surface area contributed by atoms with Gasteiger partial charge in [0.25, 0.3) is 5.56 Å². The Labute approximate surface area is 154 Å². The quantitative estimate of drug-likeness (QED) is 0.854. The Kier molecular flexibility index (Phi) is 5.76. The van der Waals surface area contributed by atoms with Gasteiger partial charge in [-0.3, -0.25) is 9.78 Å². The van der Waals surface area contributed by atoms with Crippen LogP contribution in [0.3, 0.4) is 0 Å². The van der Waals surface area contributed by atoms with Crippen molar-refractivity contribution in [1.82, 2.24) is 15.0 Å². The highest BCUT2D eigenvalue weighted by atomic mass is 16.5. The lowest BCUT2D eigenvalue weighted by atomic mass is 10.1. The molecule has 0 aliphatic carbocycles. The van der Waals surface area contributed by atoms with Crippen molar-refractivity contribution >= 4 is 22.7 Å². The van der Waals surface area contributed by atoms with Gasteiger partial charge < -0.3 is 14.5 Å². The molecule has 3 heterocycles. The zero-order chi connectivity index (χ0) is 18.7. The summed E-state index contributed by atoms with van der Waals surface area (Å²) in [6.45, 7) is 11.5. The molecule has 3 rings (SSSR count). The highest BCUT2D eigenvalue weighted by molar-refractivity contribution is 5.88. The van der Waals surface area contributed by atoms with Crippen LogP contribution in [0.15, 0.2) is 17.1 Å². The molecule has 1 fully saturated rings. The lowest BCUT2D eigenvalue weighted by Gasteiger charge is -2.39. The summed E-state index contributed by atoms with van der Waals surface area (Å²) in [4.78, 5) is 29.5. The van der Waals surface area contributed by atoms with E-state index in [4.69, 9.17) is 9.72 Å². The molecule has 0 amide bonds. The van der Waals surface area contributed by atoms with Crippen LogP contribution >= 0.6 is 0 Å². The van der Waals surface area contributed by atoms with Crippen LogP contribution in [-0.4, -0.2) is 53.3 Å². The second kappa shape index (κ2) is 8.03. The van der Waals surface area contributed by atoms with Gasteiger partial charge in [-0.05, 0) is 32.8 Å². The van der Waals surface area contributed by atoms with E-state index in [1.807, 2.05) is 0 Å². The number of nitrogens with one attached hydrogen (secondary N) is 1. The van der Waals surface area contributed by atoms with E-state index in [-0.39, 0.29) is 17.6 Å². The number of hydrogen-bond donors (Lipinski definition) is 1. The smallest absolute Gasteiger partial charge is 0.260 e. The minimum absolute atomic E-state index is 0.112. The number of pyridine rings is 1. The van der Waals surface area contributed by atoms with Gasteiger partial charge in [0.2, 0.25) is 5.95 Å². The fourth-order valence-corrected chi connectivity index (χ4v) is 3.66. The maximum Gasteiger partial charge on any atom is 0.260 e. The molecule has 0 saturated carbocycles. The molecule has 0 bridgehead atoms. The van der Waals surface area contributed by atoms with Gasteiger partial charge in [-0.15, -0.1) is 0 Å². The molecular formula is C19H29N5O2. The third kappa shape index (κ3) is 3.53. The molecule has 7 heteroatoms. The number of anilines is 2. The van der Waals surface area contributed by atoms with Crippen LogP contribution < -0.4 is 15.4 Å². The van der Waals surface area contributed by atoms with Crippen LogP contribution in [-0.2, 0) is 4.74 Å². The highest BCUT2D eigenvalue weighted by Gasteiger charge is 2.29. The van der Waals surface area contributed by atoms with E-state index in [2.05, 4.69) is 47.5 Å². The van der Waals surface area contributed by atoms with Crippen LogP contribution in [0, 0.1) is 0 Å². The summed E-state index contributed by atoms with van der Waals surface area (Å²) in [6, 6.07) is 2.11. The summed E-state index contributed by atoms with van der Waals surface area (Å²) >= 11 is 0. The number of hydrogen-bond acceptors (Lipinski definition) is 6. The number of nitrogens with zero attached hydrogens (tertiary/aromatic N) is 4. The summed E-state index contributed by atoms with van der Waals surface area (Å²) in [5.41, 5.74) is 0.559. The Hall–Kier alpha value is -2.15. The van der Waals surface area contributed by atoms with E-state index >= 15 is 0 Å². The summed E-state index contributed by atoms with van der Waals surface area (Å²) in [5.74, 6) is 1.40. The average molecular weight is 359 g/mol. The van der Waals surface area contributed by atoms with E-state index < -0.39 is 0 Å². The average Bonchev–Trinajstić information content (AvgIpc) is 2.62. The van der Waals surface area contributed by atoms with E-state index in [9.17, 15) is 4.79 Å².